The summed E-state index contributed by atoms with van der Waals surface area (Å²) in [6, 6.07) is 15.6. The smallest absolute Gasteiger partial charge is 0.264 e. The third-order valence-electron chi connectivity index (χ3n) is 6.69. The van der Waals surface area contributed by atoms with Gasteiger partial charge in [0.05, 0.1) is 10.6 Å². The van der Waals surface area contributed by atoms with E-state index in [0.29, 0.717) is 21.3 Å². The van der Waals surface area contributed by atoms with Gasteiger partial charge in [-0.05, 0) is 88.6 Å². The number of carbonyl (C=O) groups is 2. The van der Waals surface area contributed by atoms with E-state index in [4.69, 9.17) is 23.2 Å². The SMILES string of the molecule is Cc1ccc(S(=O)(=O)N(CC(=O)N(Cc2ccc(Cl)cc2Cl)[C@@H](C)C(=O)NC(C)C)c2cccc(C)c2C)cc1. The highest BCUT2D eigenvalue weighted by molar-refractivity contribution is 7.92. The van der Waals surface area contributed by atoms with Crippen LogP contribution >= 0.6 is 23.2 Å². The highest BCUT2D eigenvalue weighted by atomic mass is 35.5. The van der Waals surface area contributed by atoms with E-state index in [2.05, 4.69) is 5.32 Å². The molecule has 0 unspecified atom stereocenters. The Balaban J connectivity index is 2.10. The van der Waals surface area contributed by atoms with Crippen molar-refractivity contribution in [1.29, 1.82) is 0 Å². The van der Waals surface area contributed by atoms with Crippen molar-refractivity contribution in [1.82, 2.24) is 10.2 Å². The van der Waals surface area contributed by atoms with Crippen LogP contribution in [0.25, 0.3) is 0 Å². The van der Waals surface area contributed by atoms with E-state index in [1.807, 2.05) is 40.7 Å². The minimum absolute atomic E-state index is 0.0211. The molecule has 0 aliphatic carbocycles. The lowest BCUT2D eigenvalue weighted by Gasteiger charge is -2.33. The van der Waals surface area contributed by atoms with Crippen molar-refractivity contribution in [3.63, 3.8) is 0 Å². The number of hydrogen-bond acceptors (Lipinski definition) is 4. The van der Waals surface area contributed by atoms with Crippen molar-refractivity contribution >= 4 is 50.7 Å². The van der Waals surface area contributed by atoms with Crippen LogP contribution in [0.3, 0.4) is 0 Å². The third kappa shape index (κ3) is 7.36. The molecule has 3 aromatic rings. The Bertz CT molecular complexity index is 1490. The summed E-state index contributed by atoms with van der Waals surface area (Å²) in [6.45, 7) is 10.3. The highest BCUT2D eigenvalue weighted by Crippen LogP contribution is 2.30. The Hall–Kier alpha value is -3.07. The van der Waals surface area contributed by atoms with E-state index in [1.165, 1.54) is 17.0 Å². The zero-order valence-corrected chi connectivity index (χ0v) is 25.9. The molecule has 0 bridgehead atoms. The first-order valence-electron chi connectivity index (χ1n) is 12.9. The van der Waals surface area contributed by atoms with Crippen molar-refractivity contribution in [3.05, 3.63) is 93.0 Å². The number of halogens is 2. The van der Waals surface area contributed by atoms with Crippen LogP contribution in [0.2, 0.25) is 10.0 Å². The van der Waals surface area contributed by atoms with Gasteiger partial charge in [0.25, 0.3) is 10.0 Å². The normalized spacial score (nSPS) is 12.2. The van der Waals surface area contributed by atoms with Crippen LogP contribution in [0, 0.1) is 20.8 Å². The highest BCUT2D eigenvalue weighted by Gasteiger charge is 2.33. The van der Waals surface area contributed by atoms with Gasteiger partial charge >= 0.3 is 0 Å². The summed E-state index contributed by atoms with van der Waals surface area (Å²) < 4.78 is 29.1. The lowest BCUT2D eigenvalue weighted by Crippen LogP contribution is -2.52. The van der Waals surface area contributed by atoms with Crippen molar-refractivity contribution in [2.75, 3.05) is 10.8 Å². The molecule has 0 aliphatic heterocycles. The average molecular weight is 605 g/mol. The summed E-state index contributed by atoms with van der Waals surface area (Å²) in [4.78, 5) is 28.5. The second-order valence-electron chi connectivity index (χ2n) is 10.1. The summed E-state index contributed by atoms with van der Waals surface area (Å²) in [5.41, 5.74) is 3.47. The third-order valence-corrected chi connectivity index (χ3v) is 9.05. The first-order chi connectivity index (χ1) is 18.7. The van der Waals surface area contributed by atoms with Crippen molar-refractivity contribution in [3.8, 4) is 0 Å². The lowest BCUT2D eigenvalue weighted by atomic mass is 10.1. The predicted octanol–water partition coefficient (Wildman–Crippen LogP) is 6.06. The van der Waals surface area contributed by atoms with Crippen LogP contribution in [0.15, 0.2) is 65.6 Å². The van der Waals surface area contributed by atoms with Gasteiger partial charge in [-0.1, -0.05) is 59.1 Å². The molecule has 0 aliphatic rings. The van der Waals surface area contributed by atoms with Gasteiger partial charge in [0.2, 0.25) is 11.8 Å². The number of sulfonamides is 1. The zero-order chi connectivity index (χ0) is 29.8. The van der Waals surface area contributed by atoms with Crippen molar-refractivity contribution in [2.24, 2.45) is 0 Å². The zero-order valence-electron chi connectivity index (χ0n) is 23.5. The molecule has 40 heavy (non-hydrogen) atoms. The van der Waals surface area contributed by atoms with Gasteiger partial charge in [-0.15, -0.1) is 0 Å². The monoisotopic (exact) mass is 603 g/mol. The number of aryl methyl sites for hydroxylation is 2. The second-order valence-corrected chi connectivity index (χ2v) is 12.8. The number of amides is 2. The maximum Gasteiger partial charge on any atom is 0.264 e. The molecule has 3 rings (SSSR count). The Morgan fingerprint density at radius 3 is 2.17 bits per heavy atom. The Kier molecular flexibility index (Phi) is 10.3. The van der Waals surface area contributed by atoms with Crippen molar-refractivity contribution < 1.29 is 18.0 Å². The molecule has 0 spiro atoms. The average Bonchev–Trinajstić information content (AvgIpc) is 2.88. The molecule has 3 aromatic carbocycles. The number of hydrogen-bond donors (Lipinski definition) is 1. The van der Waals surface area contributed by atoms with Gasteiger partial charge in [-0.25, -0.2) is 8.42 Å². The molecule has 10 heteroatoms. The summed E-state index contributed by atoms with van der Waals surface area (Å²) in [5, 5.41) is 3.60. The van der Waals surface area contributed by atoms with Crippen LogP contribution in [-0.4, -0.2) is 43.8 Å². The first kappa shape index (κ1) is 31.5. The molecule has 0 saturated carbocycles. The van der Waals surface area contributed by atoms with Gasteiger partial charge in [0.15, 0.2) is 0 Å². The summed E-state index contributed by atoms with van der Waals surface area (Å²) >= 11 is 12.5. The van der Waals surface area contributed by atoms with E-state index >= 15 is 0 Å². The van der Waals surface area contributed by atoms with Gasteiger partial charge in [0.1, 0.15) is 12.6 Å². The molecule has 7 nitrogen and oxygen atoms in total. The van der Waals surface area contributed by atoms with Gasteiger partial charge < -0.3 is 10.2 Å². The maximum absolute atomic E-state index is 14.0. The maximum atomic E-state index is 14.0. The lowest BCUT2D eigenvalue weighted by molar-refractivity contribution is -0.139. The second kappa shape index (κ2) is 13.1. The molecule has 0 saturated heterocycles. The van der Waals surface area contributed by atoms with Crippen LogP contribution in [0.4, 0.5) is 5.69 Å². The largest absolute Gasteiger partial charge is 0.352 e. The van der Waals surface area contributed by atoms with E-state index < -0.39 is 28.5 Å². The fraction of sp³-hybridized carbons (Fsp3) is 0.333. The summed E-state index contributed by atoms with van der Waals surface area (Å²) in [6.07, 6.45) is 0. The summed E-state index contributed by atoms with van der Waals surface area (Å²) in [5.74, 6) is -0.929. The van der Waals surface area contributed by atoms with Crippen LogP contribution in [-0.2, 0) is 26.2 Å². The van der Waals surface area contributed by atoms with Crippen LogP contribution < -0.4 is 9.62 Å². The Morgan fingerprint density at radius 2 is 1.57 bits per heavy atom. The molecule has 0 fully saturated rings. The number of rotatable bonds is 10. The molecule has 0 radical (unpaired) electrons. The van der Waals surface area contributed by atoms with E-state index in [0.717, 1.165) is 21.0 Å². The topological polar surface area (TPSA) is 86.8 Å². The van der Waals surface area contributed by atoms with Crippen LogP contribution in [0.5, 0.6) is 0 Å². The number of carbonyl (C=O) groups excluding carboxylic acids is 2. The van der Waals surface area contributed by atoms with Crippen LogP contribution in [0.1, 0.15) is 43.0 Å². The first-order valence-corrected chi connectivity index (χ1v) is 15.1. The fourth-order valence-corrected chi connectivity index (χ4v) is 6.12. The van der Waals surface area contributed by atoms with E-state index in [-0.39, 0.29) is 23.4 Å². The molecular weight excluding hydrogens is 569 g/mol. The van der Waals surface area contributed by atoms with E-state index in [1.54, 1.807) is 49.4 Å². The number of anilines is 1. The number of benzene rings is 3. The predicted molar refractivity (Wildman–Crippen MR) is 161 cm³/mol. The van der Waals surface area contributed by atoms with E-state index in [9.17, 15) is 18.0 Å². The van der Waals surface area contributed by atoms with Gasteiger partial charge in [-0.2, -0.15) is 0 Å². The molecule has 0 heterocycles. The summed E-state index contributed by atoms with van der Waals surface area (Å²) in [7, 11) is -4.15. The Labute approximate surface area is 247 Å². The molecule has 1 atom stereocenters. The minimum atomic E-state index is -4.15. The molecule has 0 aromatic heterocycles. The van der Waals surface area contributed by atoms with Gasteiger partial charge in [-0.3, -0.25) is 13.9 Å². The Morgan fingerprint density at radius 1 is 0.925 bits per heavy atom. The fourth-order valence-electron chi connectivity index (χ4n) is 4.18. The molecule has 1 N–H and O–H groups in total. The van der Waals surface area contributed by atoms with Gasteiger partial charge in [0, 0.05) is 22.6 Å². The number of nitrogens with zero attached hydrogens (tertiary/aromatic N) is 2. The minimum Gasteiger partial charge on any atom is -0.352 e. The standard InChI is InChI=1S/C30H35Cl2N3O4S/c1-19(2)33-30(37)23(6)34(17-24-12-13-25(31)16-27(24)32)29(36)18-35(28-9-7-8-21(4)22(28)5)40(38,39)26-14-10-20(3)11-15-26/h7-16,19,23H,17-18H2,1-6H3,(H,33,37)/t23-/m0/s1. The number of nitrogens with one attached hydrogen (secondary N) is 1. The van der Waals surface area contributed by atoms with Crippen molar-refractivity contribution in [2.45, 2.75) is 65.1 Å². The molecule has 214 valence electrons. The quantitative estimate of drug-likeness (QED) is 0.305. The molecular formula is C30H35Cl2N3O4S. The molecule has 2 amide bonds.